The van der Waals surface area contributed by atoms with E-state index in [4.69, 9.17) is 10.5 Å². The third-order valence-corrected chi connectivity index (χ3v) is 3.40. The summed E-state index contributed by atoms with van der Waals surface area (Å²) < 4.78 is 5.71. The van der Waals surface area contributed by atoms with Crippen LogP contribution in [0.2, 0.25) is 0 Å². The maximum atomic E-state index is 5.74. The summed E-state index contributed by atoms with van der Waals surface area (Å²) in [6, 6.07) is 7.17. The lowest BCUT2D eigenvalue weighted by molar-refractivity contribution is 0.138. The van der Waals surface area contributed by atoms with E-state index in [1.807, 2.05) is 18.2 Å². The van der Waals surface area contributed by atoms with Crippen molar-refractivity contribution >= 4 is 16.7 Å². The van der Waals surface area contributed by atoms with Crippen molar-refractivity contribution in [2.24, 2.45) is 0 Å². The average molecular weight is 276 g/mol. The molecule has 0 saturated carbocycles. The first kappa shape index (κ1) is 14.7. The summed E-state index contributed by atoms with van der Waals surface area (Å²) in [5, 5.41) is 0. The molecule has 0 bridgehead atoms. The van der Waals surface area contributed by atoms with Crippen LogP contribution in [-0.4, -0.2) is 40.1 Å². The van der Waals surface area contributed by atoms with Gasteiger partial charge in [0.2, 0.25) is 0 Å². The number of benzene rings is 1. The van der Waals surface area contributed by atoms with Crippen molar-refractivity contribution < 1.29 is 4.74 Å². The fraction of sp³-hybridized carbons (Fsp3) is 0.533. The molecule has 0 fully saturated rings. The first-order valence-electron chi connectivity index (χ1n) is 7.11. The second-order valence-corrected chi connectivity index (χ2v) is 5.59. The van der Waals surface area contributed by atoms with Crippen LogP contribution >= 0.6 is 0 Å². The summed E-state index contributed by atoms with van der Waals surface area (Å²) in [5.41, 5.74) is 8.25. The number of nitrogens with two attached hydrogens (primary N) is 1. The monoisotopic (exact) mass is 276 g/mol. The Hall–Kier alpha value is -1.75. The van der Waals surface area contributed by atoms with Gasteiger partial charge in [-0.1, -0.05) is 0 Å². The van der Waals surface area contributed by atoms with E-state index in [1.165, 1.54) is 0 Å². The second-order valence-electron chi connectivity index (χ2n) is 5.59. The minimum Gasteiger partial charge on any atom is -0.463 e. The van der Waals surface area contributed by atoms with E-state index in [-0.39, 0.29) is 0 Å². The molecule has 0 aliphatic heterocycles. The topological polar surface area (TPSA) is 67.2 Å². The Morgan fingerprint density at radius 1 is 1.25 bits per heavy atom. The standard InChI is InChI=1S/C15H24N4O/c1-10(2)19(11(3)4)7-8-20-15-17-13-6-5-12(16)9-14(13)18-15/h5-6,9-11H,7-8,16H2,1-4H3,(H,17,18). The van der Waals surface area contributed by atoms with E-state index in [0.29, 0.717) is 24.7 Å². The number of aromatic nitrogens is 2. The molecule has 0 atom stereocenters. The zero-order valence-corrected chi connectivity index (χ0v) is 12.7. The lowest BCUT2D eigenvalue weighted by Crippen LogP contribution is -2.39. The van der Waals surface area contributed by atoms with E-state index >= 15 is 0 Å². The molecule has 2 aromatic rings. The Kier molecular flexibility index (Phi) is 4.49. The molecule has 3 N–H and O–H groups in total. The van der Waals surface area contributed by atoms with Crippen LogP contribution in [0.4, 0.5) is 5.69 Å². The molecule has 1 aromatic carbocycles. The highest BCUT2D eigenvalue weighted by atomic mass is 16.5. The molecule has 0 aliphatic rings. The number of imidazole rings is 1. The molecule has 0 aliphatic carbocycles. The van der Waals surface area contributed by atoms with Crippen LogP contribution in [0, 0.1) is 0 Å². The van der Waals surface area contributed by atoms with E-state index in [1.54, 1.807) is 0 Å². The zero-order chi connectivity index (χ0) is 14.7. The number of rotatable bonds is 6. The van der Waals surface area contributed by atoms with Gasteiger partial charge in [0, 0.05) is 24.3 Å². The predicted octanol–water partition coefficient (Wildman–Crippen LogP) is 2.64. The molecule has 0 amide bonds. The number of ether oxygens (including phenoxy) is 1. The molecule has 5 nitrogen and oxygen atoms in total. The summed E-state index contributed by atoms with van der Waals surface area (Å²) in [5.74, 6) is 0. The molecule has 5 heteroatoms. The van der Waals surface area contributed by atoms with Crippen LogP contribution in [0.3, 0.4) is 0 Å². The Labute approximate surface area is 120 Å². The number of nitrogens with zero attached hydrogens (tertiary/aromatic N) is 2. The molecule has 20 heavy (non-hydrogen) atoms. The Bertz CT molecular complexity index is 554. The normalized spacial score (nSPS) is 11.9. The van der Waals surface area contributed by atoms with Crippen LogP contribution in [0.15, 0.2) is 18.2 Å². The third kappa shape index (κ3) is 3.42. The number of nitrogens with one attached hydrogen (secondary N) is 1. The SMILES string of the molecule is CC(C)N(CCOc1nc2ccc(N)cc2[nH]1)C(C)C. The molecule has 0 saturated heterocycles. The minimum absolute atomic E-state index is 0.508. The van der Waals surface area contributed by atoms with E-state index in [0.717, 1.165) is 23.3 Å². The molecule has 1 heterocycles. The maximum absolute atomic E-state index is 5.74. The highest BCUT2D eigenvalue weighted by Gasteiger charge is 2.13. The Balaban J connectivity index is 1.95. The van der Waals surface area contributed by atoms with Crippen molar-refractivity contribution in [3.63, 3.8) is 0 Å². The van der Waals surface area contributed by atoms with Crippen LogP contribution < -0.4 is 10.5 Å². The number of H-pyrrole nitrogens is 1. The van der Waals surface area contributed by atoms with Gasteiger partial charge in [0.25, 0.3) is 6.01 Å². The van der Waals surface area contributed by atoms with Gasteiger partial charge in [0.15, 0.2) is 0 Å². The molecular weight excluding hydrogens is 252 g/mol. The third-order valence-electron chi connectivity index (χ3n) is 3.40. The van der Waals surface area contributed by atoms with Crippen LogP contribution in [-0.2, 0) is 0 Å². The molecule has 0 radical (unpaired) electrons. The van der Waals surface area contributed by atoms with Crippen molar-refractivity contribution in [1.29, 1.82) is 0 Å². The van der Waals surface area contributed by atoms with E-state index in [9.17, 15) is 0 Å². The lowest BCUT2D eigenvalue weighted by atomic mass is 10.2. The number of aromatic amines is 1. The predicted molar refractivity (Wildman–Crippen MR) is 83.0 cm³/mol. The van der Waals surface area contributed by atoms with Crippen molar-refractivity contribution in [3.8, 4) is 6.01 Å². The van der Waals surface area contributed by atoms with Crippen molar-refractivity contribution in [2.75, 3.05) is 18.9 Å². The van der Waals surface area contributed by atoms with Gasteiger partial charge in [-0.25, -0.2) is 0 Å². The van der Waals surface area contributed by atoms with Crippen LogP contribution in [0.25, 0.3) is 11.0 Å². The van der Waals surface area contributed by atoms with Gasteiger partial charge < -0.3 is 15.5 Å². The maximum Gasteiger partial charge on any atom is 0.294 e. The van der Waals surface area contributed by atoms with Gasteiger partial charge in [-0.05, 0) is 45.9 Å². The average Bonchev–Trinajstić information content (AvgIpc) is 2.75. The van der Waals surface area contributed by atoms with E-state index in [2.05, 4.69) is 42.6 Å². The number of anilines is 1. The quantitative estimate of drug-likeness (QED) is 0.796. The largest absolute Gasteiger partial charge is 0.463 e. The van der Waals surface area contributed by atoms with Crippen molar-refractivity contribution in [3.05, 3.63) is 18.2 Å². The summed E-state index contributed by atoms with van der Waals surface area (Å²) in [4.78, 5) is 9.91. The first-order chi connectivity index (χ1) is 9.47. The number of fused-ring (bicyclic) bond motifs is 1. The number of hydrogen-bond acceptors (Lipinski definition) is 4. The zero-order valence-electron chi connectivity index (χ0n) is 12.7. The minimum atomic E-state index is 0.508. The highest BCUT2D eigenvalue weighted by Crippen LogP contribution is 2.18. The second kappa shape index (κ2) is 6.13. The smallest absolute Gasteiger partial charge is 0.294 e. The van der Waals surface area contributed by atoms with Gasteiger partial charge in [-0.15, -0.1) is 0 Å². The molecular formula is C15H24N4O. The summed E-state index contributed by atoms with van der Waals surface area (Å²) >= 11 is 0. The lowest BCUT2D eigenvalue weighted by Gasteiger charge is -2.30. The fourth-order valence-electron chi connectivity index (χ4n) is 2.43. The molecule has 0 unspecified atom stereocenters. The summed E-state index contributed by atoms with van der Waals surface area (Å²) in [7, 11) is 0. The van der Waals surface area contributed by atoms with Gasteiger partial charge in [-0.3, -0.25) is 4.90 Å². The highest BCUT2D eigenvalue weighted by molar-refractivity contribution is 5.79. The van der Waals surface area contributed by atoms with Gasteiger partial charge in [0.05, 0.1) is 11.0 Å². The summed E-state index contributed by atoms with van der Waals surface area (Å²) in [6.07, 6.45) is 0. The fourth-order valence-corrected chi connectivity index (χ4v) is 2.43. The molecule has 110 valence electrons. The molecule has 2 rings (SSSR count). The van der Waals surface area contributed by atoms with E-state index < -0.39 is 0 Å². The van der Waals surface area contributed by atoms with Crippen LogP contribution in [0.1, 0.15) is 27.7 Å². The van der Waals surface area contributed by atoms with Crippen LogP contribution in [0.5, 0.6) is 6.01 Å². The van der Waals surface area contributed by atoms with Crippen molar-refractivity contribution in [1.82, 2.24) is 14.9 Å². The molecule has 1 aromatic heterocycles. The van der Waals surface area contributed by atoms with Gasteiger partial charge in [-0.2, -0.15) is 4.98 Å². The Morgan fingerprint density at radius 2 is 1.95 bits per heavy atom. The van der Waals surface area contributed by atoms with Gasteiger partial charge in [0.1, 0.15) is 6.61 Å². The van der Waals surface area contributed by atoms with Gasteiger partial charge >= 0.3 is 0 Å². The molecule has 0 spiro atoms. The first-order valence-corrected chi connectivity index (χ1v) is 7.11. The van der Waals surface area contributed by atoms with Crippen molar-refractivity contribution in [2.45, 2.75) is 39.8 Å². The Morgan fingerprint density at radius 3 is 2.60 bits per heavy atom. The number of hydrogen-bond donors (Lipinski definition) is 2. The number of nitrogen functional groups attached to an aromatic ring is 1. The summed E-state index contributed by atoms with van der Waals surface area (Å²) in [6.45, 7) is 10.3.